The summed E-state index contributed by atoms with van der Waals surface area (Å²) in [6, 6.07) is 7.51. The number of aliphatic hydroxyl groups excluding tert-OH is 1. The number of rotatable bonds is 6. The third-order valence-electron chi connectivity index (χ3n) is 3.02. The quantitative estimate of drug-likeness (QED) is 0.863. The van der Waals surface area contributed by atoms with Gasteiger partial charge in [-0.2, -0.15) is 0 Å². The molecule has 1 aromatic carbocycles. The second-order valence-electron chi connectivity index (χ2n) is 4.55. The molecule has 21 heavy (non-hydrogen) atoms. The maximum absolute atomic E-state index is 9.26. The number of hydrogen-bond acceptors (Lipinski definition) is 4. The third kappa shape index (κ3) is 3.95. The van der Waals surface area contributed by atoms with Crippen molar-refractivity contribution >= 4 is 15.9 Å². The molecule has 0 atom stereocenters. The maximum Gasteiger partial charge on any atom is 0.175 e. The Bertz CT molecular complexity index is 616. The van der Waals surface area contributed by atoms with Gasteiger partial charge in [0.15, 0.2) is 11.5 Å². The maximum atomic E-state index is 9.26. The fourth-order valence-electron chi connectivity index (χ4n) is 1.93. The van der Waals surface area contributed by atoms with Gasteiger partial charge in [0.1, 0.15) is 6.61 Å². The van der Waals surface area contributed by atoms with Gasteiger partial charge in [0.2, 0.25) is 0 Å². The number of halogens is 1. The number of ether oxygens (including phenoxy) is 2. The van der Waals surface area contributed by atoms with Crippen LogP contribution >= 0.6 is 15.9 Å². The first-order valence-electron chi connectivity index (χ1n) is 6.75. The number of nitrogens with zero attached hydrogens (tertiary/aromatic N) is 1. The van der Waals surface area contributed by atoms with Gasteiger partial charge in [0, 0.05) is 6.20 Å². The van der Waals surface area contributed by atoms with Gasteiger partial charge in [-0.15, -0.1) is 0 Å². The van der Waals surface area contributed by atoms with Crippen molar-refractivity contribution in [1.29, 1.82) is 0 Å². The Morgan fingerprint density at radius 3 is 2.76 bits per heavy atom. The Kier molecular flexibility index (Phi) is 5.59. The van der Waals surface area contributed by atoms with Gasteiger partial charge in [0.05, 0.1) is 23.4 Å². The molecule has 1 N–H and O–H groups in total. The van der Waals surface area contributed by atoms with Crippen LogP contribution in [0.2, 0.25) is 0 Å². The van der Waals surface area contributed by atoms with E-state index in [1.807, 2.05) is 32.0 Å². The highest BCUT2D eigenvalue weighted by Crippen LogP contribution is 2.37. The minimum Gasteiger partial charge on any atom is -0.490 e. The van der Waals surface area contributed by atoms with E-state index >= 15 is 0 Å². The fourth-order valence-corrected chi connectivity index (χ4v) is 2.53. The van der Waals surface area contributed by atoms with Gasteiger partial charge in [-0.25, -0.2) is 0 Å². The largest absolute Gasteiger partial charge is 0.490 e. The number of aryl methyl sites for hydroxylation is 1. The molecule has 0 spiro atoms. The molecular formula is C16H18BrNO3. The molecule has 0 amide bonds. The van der Waals surface area contributed by atoms with Crippen molar-refractivity contribution in [3.8, 4) is 11.5 Å². The highest BCUT2D eigenvalue weighted by molar-refractivity contribution is 9.10. The summed E-state index contributed by atoms with van der Waals surface area (Å²) in [7, 11) is 0. The molecular weight excluding hydrogens is 334 g/mol. The van der Waals surface area contributed by atoms with Gasteiger partial charge in [-0.05, 0) is 59.1 Å². The first kappa shape index (κ1) is 15.8. The van der Waals surface area contributed by atoms with Crippen LogP contribution < -0.4 is 9.47 Å². The molecule has 0 fully saturated rings. The monoisotopic (exact) mass is 351 g/mol. The molecule has 5 heteroatoms. The highest BCUT2D eigenvalue weighted by Gasteiger charge is 2.13. The van der Waals surface area contributed by atoms with Crippen LogP contribution in [-0.2, 0) is 13.2 Å². The summed E-state index contributed by atoms with van der Waals surface area (Å²) in [5.74, 6) is 1.24. The van der Waals surface area contributed by atoms with Crippen LogP contribution in [0.25, 0.3) is 0 Å². The number of pyridine rings is 1. The van der Waals surface area contributed by atoms with E-state index in [-0.39, 0.29) is 6.61 Å². The molecule has 0 aliphatic rings. The Morgan fingerprint density at radius 1 is 1.29 bits per heavy atom. The topological polar surface area (TPSA) is 51.6 Å². The standard InChI is InChI=1S/C16H18BrNO3/c1-3-20-15-8-12(9-19)7-13(17)16(15)21-10-14-11(2)5-4-6-18-14/h4-8,19H,3,9-10H2,1-2H3. The molecule has 2 aromatic rings. The zero-order chi connectivity index (χ0) is 15.2. The normalized spacial score (nSPS) is 10.5. The van der Waals surface area contributed by atoms with E-state index in [1.54, 1.807) is 12.3 Å². The Hall–Kier alpha value is -1.59. The molecule has 0 saturated heterocycles. The van der Waals surface area contributed by atoms with Crippen LogP contribution in [0.5, 0.6) is 11.5 Å². The molecule has 1 aromatic heterocycles. The summed E-state index contributed by atoms with van der Waals surface area (Å²) in [5.41, 5.74) is 2.74. The van der Waals surface area contributed by atoms with E-state index in [2.05, 4.69) is 20.9 Å². The molecule has 2 rings (SSSR count). The second kappa shape index (κ2) is 7.43. The van der Waals surface area contributed by atoms with Gasteiger partial charge < -0.3 is 14.6 Å². The van der Waals surface area contributed by atoms with Crippen LogP contribution in [0.15, 0.2) is 34.9 Å². The molecule has 0 bridgehead atoms. The molecule has 0 aliphatic heterocycles. The summed E-state index contributed by atoms with van der Waals surface area (Å²) >= 11 is 3.46. The Morgan fingerprint density at radius 2 is 2.10 bits per heavy atom. The number of hydrogen-bond donors (Lipinski definition) is 1. The summed E-state index contributed by atoms with van der Waals surface area (Å²) in [6.07, 6.45) is 1.75. The Labute approximate surface area is 132 Å². The van der Waals surface area contributed by atoms with Crippen molar-refractivity contribution in [1.82, 2.24) is 4.98 Å². The SMILES string of the molecule is CCOc1cc(CO)cc(Br)c1OCc1ncccc1C. The van der Waals surface area contributed by atoms with Crippen molar-refractivity contribution in [3.05, 3.63) is 51.8 Å². The highest BCUT2D eigenvalue weighted by atomic mass is 79.9. The minimum absolute atomic E-state index is 0.0433. The first-order chi connectivity index (χ1) is 10.2. The third-order valence-corrected chi connectivity index (χ3v) is 3.61. The van der Waals surface area contributed by atoms with Crippen molar-refractivity contribution in [3.63, 3.8) is 0 Å². The van der Waals surface area contributed by atoms with Crippen LogP contribution in [-0.4, -0.2) is 16.7 Å². The number of aromatic nitrogens is 1. The van der Waals surface area contributed by atoms with E-state index in [4.69, 9.17) is 9.47 Å². The fraction of sp³-hybridized carbons (Fsp3) is 0.312. The van der Waals surface area contributed by atoms with E-state index < -0.39 is 0 Å². The Balaban J connectivity index is 2.24. The number of benzene rings is 1. The van der Waals surface area contributed by atoms with E-state index in [9.17, 15) is 5.11 Å². The lowest BCUT2D eigenvalue weighted by Gasteiger charge is -2.15. The number of aliphatic hydroxyl groups is 1. The summed E-state index contributed by atoms with van der Waals surface area (Å²) < 4.78 is 12.2. The summed E-state index contributed by atoms with van der Waals surface area (Å²) in [6.45, 7) is 4.76. The molecule has 0 unspecified atom stereocenters. The minimum atomic E-state index is -0.0433. The van der Waals surface area contributed by atoms with Gasteiger partial charge in [-0.1, -0.05) is 6.07 Å². The van der Waals surface area contributed by atoms with E-state index in [0.717, 1.165) is 21.3 Å². The predicted octanol–water partition coefficient (Wildman–Crippen LogP) is 3.62. The average molecular weight is 352 g/mol. The summed E-state index contributed by atoms with van der Waals surface area (Å²) in [4.78, 5) is 4.31. The lowest BCUT2D eigenvalue weighted by atomic mass is 10.2. The lowest BCUT2D eigenvalue weighted by molar-refractivity contribution is 0.259. The molecule has 0 radical (unpaired) electrons. The molecule has 1 heterocycles. The van der Waals surface area contributed by atoms with Crippen LogP contribution in [0, 0.1) is 6.92 Å². The van der Waals surface area contributed by atoms with Gasteiger partial charge in [-0.3, -0.25) is 4.98 Å². The molecule has 4 nitrogen and oxygen atoms in total. The van der Waals surface area contributed by atoms with Crippen molar-refractivity contribution in [2.45, 2.75) is 27.1 Å². The van der Waals surface area contributed by atoms with Gasteiger partial charge in [0.25, 0.3) is 0 Å². The van der Waals surface area contributed by atoms with Gasteiger partial charge >= 0.3 is 0 Å². The molecule has 0 saturated carbocycles. The van der Waals surface area contributed by atoms with Crippen molar-refractivity contribution < 1.29 is 14.6 Å². The van der Waals surface area contributed by atoms with Crippen molar-refractivity contribution in [2.75, 3.05) is 6.61 Å². The smallest absolute Gasteiger partial charge is 0.175 e. The molecule has 112 valence electrons. The van der Waals surface area contributed by atoms with E-state index in [1.165, 1.54) is 0 Å². The van der Waals surface area contributed by atoms with Crippen LogP contribution in [0.3, 0.4) is 0 Å². The molecule has 0 aliphatic carbocycles. The average Bonchev–Trinajstić information content (AvgIpc) is 2.48. The van der Waals surface area contributed by atoms with Crippen LogP contribution in [0.1, 0.15) is 23.7 Å². The predicted molar refractivity (Wildman–Crippen MR) is 84.5 cm³/mol. The van der Waals surface area contributed by atoms with Crippen molar-refractivity contribution in [2.24, 2.45) is 0 Å². The second-order valence-corrected chi connectivity index (χ2v) is 5.41. The van der Waals surface area contributed by atoms with E-state index in [0.29, 0.717) is 24.7 Å². The first-order valence-corrected chi connectivity index (χ1v) is 7.54. The van der Waals surface area contributed by atoms with Crippen LogP contribution in [0.4, 0.5) is 0 Å². The zero-order valence-electron chi connectivity index (χ0n) is 12.1. The lowest BCUT2D eigenvalue weighted by Crippen LogP contribution is -2.04. The summed E-state index contributed by atoms with van der Waals surface area (Å²) in [5, 5.41) is 9.26. The zero-order valence-corrected chi connectivity index (χ0v) is 13.7.